The Kier molecular flexibility index (Phi) is 3.95. The summed E-state index contributed by atoms with van der Waals surface area (Å²) in [4.78, 5) is 39.1. The standard InChI is InChI=1S/C15H18N4O3/c20-13(10-12-14(21)16-17-15(12)22)19-8-6-18(7-9-19)11-4-2-1-3-5-11/h1-5,12H,6-10H2,(H,16,21)(H,17,22). The molecule has 3 amide bonds. The molecule has 2 fully saturated rings. The lowest BCUT2D eigenvalue weighted by molar-refractivity contribution is -0.138. The summed E-state index contributed by atoms with van der Waals surface area (Å²) in [5, 5.41) is 0. The predicted molar refractivity (Wildman–Crippen MR) is 79.6 cm³/mol. The molecule has 2 aliphatic rings. The number of benzene rings is 1. The van der Waals surface area contributed by atoms with Crippen molar-refractivity contribution in [3.63, 3.8) is 0 Å². The van der Waals surface area contributed by atoms with E-state index in [-0.39, 0.29) is 12.3 Å². The van der Waals surface area contributed by atoms with E-state index in [1.54, 1.807) is 4.90 Å². The Hall–Kier alpha value is -2.57. The molecule has 2 saturated heterocycles. The van der Waals surface area contributed by atoms with Crippen molar-refractivity contribution in [3.05, 3.63) is 30.3 Å². The summed E-state index contributed by atoms with van der Waals surface area (Å²) in [6.45, 7) is 2.70. The number of rotatable bonds is 3. The molecule has 0 unspecified atom stereocenters. The van der Waals surface area contributed by atoms with Crippen LogP contribution in [0.25, 0.3) is 0 Å². The minimum atomic E-state index is -0.903. The number of hydrazine groups is 1. The van der Waals surface area contributed by atoms with Crippen molar-refractivity contribution in [2.24, 2.45) is 5.92 Å². The Morgan fingerprint density at radius 1 is 1.00 bits per heavy atom. The number of hydrogen-bond donors (Lipinski definition) is 2. The zero-order chi connectivity index (χ0) is 15.5. The summed E-state index contributed by atoms with van der Waals surface area (Å²) < 4.78 is 0. The molecule has 0 saturated carbocycles. The van der Waals surface area contributed by atoms with Crippen molar-refractivity contribution in [1.29, 1.82) is 0 Å². The van der Waals surface area contributed by atoms with E-state index < -0.39 is 17.7 Å². The van der Waals surface area contributed by atoms with Crippen molar-refractivity contribution in [2.75, 3.05) is 31.1 Å². The molecule has 3 rings (SSSR count). The Morgan fingerprint density at radius 2 is 1.59 bits per heavy atom. The zero-order valence-electron chi connectivity index (χ0n) is 12.1. The van der Waals surface area contributed by atoms with Gasteiger partial charge in [0.15, 0.2) is 0 Å². The van der Waals surface area contributed by atoms with Crippen LogP contribution in [-0.2, 0) is 14.4 Å². The molecule has 1 aromatic carbocycles. The van der Waals surface area contributed by atoms with Crippen LogP contribution < -0.4 is 15.8 Å². The largest absolute Gasteiger partial charge is 0.368 e. The molecule has 7 heteroatoms. The third-order valence-corrected chi connectivity index (χ3v) is 4.07. The van der Waals surface area contributed by atoms with Crippen LogP contribution in [0.1, 0.15) is 6.42 Å². The fourth-order valence-electron chi connectivity index (χ4n) is 2.76. The van der Waals surface area contributed by atoms with Crippen molar-refractivity contribution < 1.29 is 14.4 Å². The highest BCUT2D eigenvalue weighted by Crippen LogP contribution is 2.17. The van der Waals surface area contributed by atoms with Crippen LogP contribution in [0.5, 0.6) is 0 Å². The molecule has 2 aliphatic heterocycles. The van der Waals surface area contributed by atoms with Gasteiger partial charge in [-0.2, -0.15) is 0 Å². The number of piperazine rings is 1. The molecule has 0 bridgehead atoms. The summed E-state index contributed by atoms with van der Waals surface area (Å²) in [6.07, 6.45) is -0.0665. The molecule has 0 spiro atoms. The van der Waals surface area contributed by atoms with E-state index in [2.05, 4.69) is 15.8 Å². The fraction of sp³-hybridized carbons (Fsp3) is 0.400. The van der Waals surface area contributed by atoms with E-state index in [0.717, 1.165) is 18.8 Å². The predicted octanol–water partition coefficient (Wildman–Crippen LogP) is -0.497. The third-order valence-electron chi connectivity index (χ3n) is 4.07. The zero-order valence-corrected chi connectivity index (χ0v) is 12.1. The highest BCUT2D eigenvalue weighted by atomic mass is 16.2. The molecule has 0 aromatic heterocycles. The van der Waals surface area contributed by atoms with Gasteiger partial charge in [-0.1, -0.05) is 18.2 Å². The van der Waals surface area contributed by atoms with Crippen molar-refractivity contribution in [3.8, 4) is 0 Å². The topological polar surface area (TPSA) is 81.8 Å². The minimum Gasteiger partial charge on any atom is -0.368 e. The van der Waals surface area contributed by atoms with Gasteiger partial charge in [-0.05, 0) is 12.1 Å². The normalized spacial score (nSPS) is 19.1. The fourth-order valence-corrected chi connectivity index (χ4v) is 2.76. The Bertz CT molecular complexity index is 566. The number of anilines is 1. The quantitative estimate of drug-likeness (QED) is 0.738. The van der Waals surface area contributed by atoms with Crippen LogP contribution >= 0.6 is 0 Å². The molecule has 0 radical (unpaired) electrons. The van der Waals surface area contributed by atoms with E-state index in [0.29, 0.717) is 13.1 Å². The number of hydrogen-bond acceptors (Lipinski definition) is 4. The molecule has 2 heterocycles. The molecule has 0 atom stereocenters. The highest BCUT2D eigenvalue weighted by Gasteiger charge is 2.36. The average Bonchev–Trinajstić information content (AvgIpc) is 2.88. The van der Waals surface area contributed by atoms with Crippen molar-refractivity contribution in [1.82, 2.24) is 15.8 Å². The maximum atomic E-state index is 12.2. The monoisotopic (exact) mass is 302 g/mol. The second-order valence-electron chi connectivity index (χ2n) is 5.44. The lowest BCUT2D eigenvalue weighted by Crippen LogP contribution is -2.49. The van der Waals surface area contributed by atoms with Gasteiger partial charge in [0.2, 0.25) is 5.91 Å². The average molecular weight is 302 g/mol. The summed E-state index contributed by atoms with van der Waals surface area (Å²) >= 11 is 0. The number of carbonyl (C=O) groups excluding carboxylic acids is 3. The van der Waals surface area contributed by atoms with E-state index >= 15 is 0 Å². The lowest BCUT2D eigenvalue weighted by atomic mass is 10.0. The number of nitrogens with zero attached hydrogens (tertiary/aromatic N) is 2. The van der Waals surface area contributed by atoms with Crippen LogP contribution in [-0.4, -0.2) is 48.8 Å². The molecule has 0 aliphatic carbocycles. The maximum absolute atomic E-state index is 12.2. The van der Waals surface area contributed by atoms with Gasteiger partial charge in [-0.3, -0.25) is 25.2 Å². The second kappa shape index (κ2) is 6.05. The third kappa shape index (κ3) is 2.88. The first-order valence-electron chi connectivity index (χ1n) is 7.32. The first-order valence-corrected chi connectivity index (χ1v) is 7.32. The summed E-state index contributed by atoms with van der Waals surface area (Å²) in [6, 6.07) is 10.0. The van der Waals surface area contributed by atoms with Crippen LogP contribution in [0.2, 0.25) is 0 Å². The highest BCUT2D eigenvalue weighted by molar-refractivity contribution is 6.07. The van der Waals surface area contributed by atoms with E-state index in [9.17, 15) is 14.4 Å². The Balaban J connectivity index is 1.54. The number of amides is 3. The maximum Gasteiger partial charge on any atom is 0.251 e. The van der Waals surface area contributed by atoms with E-state index in [1.807, 2.05) is 30.3 Å². The van der Waals surface area contributed by atoms with Gasteiger partial charge < -0.3 is 9.80 Å². The van der Waals surface area contributed by atoms with Gasteiger partial charge in [-0.15, -0.1) is 0 Å². The van der Waals surface area contributed by atoms with Gasteiger partial charge >= 0.3 is 0 Å². The second-order valence-corrected chi connectivity index (χ2v) is 5.44. The minimum absolute atomic E-state index is 0.0665. The first-order chi connectivity index (χ1) is 10.6. The SMILES string of the molecule is O=C1NNC(=O)C1CC(=O)N1CCN(c2ccccc2)CC1. The van der Waals surface area contributed by atoms with Gasteiger partial charge in [-0.25, -0.2) is 0 Å². The molecule has 7 nitrogen and oxygen atoms in total. The Morgan fingerprint density at radius 3 is 2.18 bits per heavy atom. The van der Waals surface area contributed by atoms with Gasteiger partial charge in [0, 0.05) is 38.3 Å². The van der Waals surface area contributed by atoms with Crippen molar-refractivity contribution >= 4 is 23.4 Å². The van der Waals surface area contributed by atoms with Crippen LogP contribution in [0, 0.1) is 5.92 Å². The van der Waals surface area contributed by atoms with Crippen LogP contribution in [0.15, 0.2) is 30.3 Å². The molecular formula is C15H18N4O3. The smallest absolute Gasteiger partial charge is 0.251 e. The summed E-state index contributed by atoms with van der Waals surface area (Å²) in [5.74, 6) is -1.91. The summed E-state index contributed by atoms with van der Waals surface area (Å²) in [5.41, 5.74) is 5.62. The molecule has 116 valence electrons. The van der Waals surface area contributed by atoms with E-state index in [4.69, 9.17) is 0 Å². The van der Waals surface area contributed by atoms with Gasteiger partial charge in [0.1, 0.15) is 5.92 Å². The molecule has 1 aromatic rings. The lowest BCUT2D eigenvalue weighted by Gasteiger charge is -2.36. The molecule has 22 heavy (non-hydrogen) atoms. The number of nitrogens with one attached hydrogen (secondary N) is 2. The van der Waals surface area contributed by atoms with Crippen molar-refractivity contribution in [2.45, 2.75) is 6.42 Å². The Labute approximate surface area is 128 Å². The van der Waals surface area contributed by atoms with Crippen LogP contribution in [0.4, 0.5) is 5.69 Å². The summed E-state index contributed by atoms with van der Waals surface area (Å²) in [7, 11) is 0. The molecule has 2 N–H and O–H groups in total. The first kappa shape index (κ1) is 14.4. The van der Waals surface area contributed by atoms with E-state index in [1.165, 1.54) is 0 Å². The number of carbonyl (C=O) groups is 3. The van der Waals surface area contributed by atoms with Gasteiger partial charge in [0.25, 0.3) is 11.8 Å². The van der Waals surface area contributed by atoms with Crippen LogP contribution in [0.3, 0.4) is 0 Å². The number of para-hydroxylation sites is 1. The molecular weight excluding hydrogens is 284 g/mol. The van der Waals surface area contributed by atoms with Gasteiger partial charge in [0.05, 0.1) is 0 Å².